The fourth-order valence-corrected chi connectivity index (χ4v) is 2.25. The molecule has 98 valence electrons. The van der Waals surface area contributed by atoms with E-state index in [1.807, 2.05) is 24.3 Å². The van der Waals surface area contributed by atoms with Gasteiger partial charge >= 0.3 is 0 Å². The van der Waals surface area contributed by atoms with Crippen LogP contribution < -0.4 is 5.32 Å². The number of rotatable bonds is 4. The van der Waals surface area contributed by atoms with Gasteiger partial charge in [0.25, 0.3) is 5.91 Å². The molecule has 2 rings (SSSR count). The Morgan fingerprint density at radius 1 is 1.22 bits per heavy atom. The SMILES string of the molecule is CC(C)c1ccc(C(=O)NCN2CCCC2)cc1. The quantitative estimate of drug-likeness (QED) is 0.885. The number of carbonyl (C=O) groups is 1. The number of nitrogens with one attached hydrogen (secondary N) is 1. The molecular weight excluding hydrogens is 224 g/mol. The molecule has 3 nitrogen and oxygen atoms in total. The lowest BCUT2D eigenvalue weighted by Crippen LogP contribution is -2.35. The third-order valence-corrected chi connectivity index (χ3v) is 3.50. The maximum Gasteiger partial charge on any atom is 0.252 e. The van der Waals surface area contributed by atoms with Gasteiger partial charge in [0.15, 0.2) is 0 Å². The summed E-state index contributed by atoms with van der Waals surface area (Å²) < 4.78 is 0. The summed E-state index contributed by atoms with van der Waals surface area (Å²) in [4.78, 5) is 14.2. The summed E-state index contributed by atoms with van der Waals surface area (Å²) in [6.45, 7) is 7.19. The van der Waals surface area contributed by atoms with E-state index in [0.29, 0.717) is 12.6 Å². The van der Waals surface area contributed by atoms with E-state index in [2.05, 4.69) is 24.1 Å². The number of nitrogens with zero attached hydrogens (tertiary/aromatic N) is 1. The van der Waals surface area contributed by atoms with Crippen molar-refractivity contribution in [2.75, 3.05) is 19.8 Å². The van der Waals surface area contributed by atoms with Crippen LogP contribution in [0.2, 0.25) is 0 Å². The average Bonchev–Trinajstić information content (AvgIpc) is 2.89. The van der Waals surface area contributed by atoms with Crippen LogP contribution in [0, 0.1) is 0 Å². The Kier molecular flexibility index (Phi) is 4.37. The van der Waals surface area contributed by atoms with Gasteiger partial charge in [-0.05, 0) is 49.5 Å². The van der Waals surface area contributed by atoms with E-state index in [9.17, 15) is 4.79 Å². The summed E-state index contributed by atoms with van der Waals surface area (Å²) in [5.74, 6) is 0.531. The Hall–Kier alpha value is -1.35. The number of benzene rings is 1. The minimum atomic E-state index is 0.0252. The van der Waals surface area contributed by atoms with E-state index in [0.717, 1.165) is 18.7 Å². The van der Waals surface area contributed by atoms with Gasteiger partial charge in [-0.25, -0.2) is 0 Å². The molecule has 1 N–H and O–H groups in total. The molecule has 1 aromatic carbocycles. The molecule has 1 aliphatic rings. The second-order valence-corrected chi connectivity index (χ2v) is 5.27. The van der Waals surface area contributed by atoms with Gasteiger partial charge in [0.1, 0.15) is 0 Å². The predicted molar refractivity (Wildman–Crippen MR) is 73.7 cm³/mol. The molecule has 1 heterocycles. The van der Waals surface area contributed by atoms with Gasteiger partial charge < -0.3 is 5.32 Å². The molecule has 0 aromatic heterocycles. The lowest BCUT2D eigenvalue weighted by molar-refractivity contribution is 0.0930. The number of hydrogen-bond acceptors (Lipinski definition) is 2. The third-order valence-electron chi connectivity index (χ3n) is 3.50. The van der Waals surface area contributed by atoms with Gasteiger partial charge in [0, 0.05) is 5.56 Å². The monoisotopic (exact) mass is 246 g/mol. The highest BCUT2D eigenvalue weighted by Crippen LogP contribution is 2.14. The third kappa shape index (κ3) is 3.33. The molecule has 0 radical (unpaired) electrons. The summed E-state index contributed by atoms with van der Waals surface area (Å²) in [5, 5.41) is 2.98. The summed E-state index contributed by atoms with van der Waals surface area (Å²) >= 11 is 0. The van der Waals surface area contributed by atoms with E-state index in [4.69, 9.17) is 0 Å². The molecular formula is C15H22N2O. The molecule has 3 heteroatoms. The second kappa shape index (κ2) is 6.01. The maximum atomic E-state index is 11.9. The highest BCUT2D eigenvalue weighted by Gasteiger charge is 2.12. The number of likely N-dealkylation sites (tertiary alicyclic amines) is 1. The fourth-order valence-electron chi connectivity index (χ4n) is 2.25. The van der Waals surface area contributed by atoms with Gasteiger partial charge in [0.05, 0.1) is 6.67 Å². The highest BCUT2D eigenvalue weighted by atomic mass is 16.1. The zero-order valence-corrected chi connectivity index (χ0v) is 11.3. The van der Waals surface area contributed by atoms with Crippen molar-refractivity contribution >= 4 is 5.91 Å². The average molecular weight is 246 g/mol. The summed E-state index contributed by atoms with van der Waals surface area (Å²) in [6, 6.07) is 7.90. The molecule has 0 aliphatic carbocycles. The summed E-state index contributed by atoms with van der Waals surface area (Å²) in [6.07, 6.45) is 2.50. The van der Waals surface area contributed by atoms with Crippen LogP contribution in [0.15, 0.2) is 24.3 Å². The van der Waals surface area contributed by atoms with Crippen LogP contribution in [0.3, 0.4) is 0 Å². The van der Waals surface area contributed by atoms with E-state index in [1.165, 1.54) is 18.4 Å². The Balaban J connectivity index is 1.87. The molecule has 0 unspecified atom stereocenters. The van der Waals surface area contributed by atoms with Crippen LogP contribution in [-0.4, -0.2) is 30.6 Å². The van der Waals surface area contributed by atoms with Gasteiger partial charge in [-0.15, -0.1) is 0 Å². The van der Waals surface area contributed by atoms with Crippen molar-refractivity contribution < 1.29 is 4.79 Å². The molecule has 1 fully saturated rings. The Labute approximate surface area is 109 Å². The van der Waals surface area contributed by atoms with E-state index in [1.54, 1.807) is 0 Å². The Bertz CT molecular complexity index is 391. The van der Waals surface area contributed by atoms with Crippen LogP contribution in [-0.2, 0) is 0 Å². The van der Waals surface area contributed by atoms with Crippen molar-refractivity contribution in [3.8, 4) is 0 Å². The standard InChI is InChI=1S/C15H22N2O/c1-12(2)13-5-7-14(8-6-13)15(18)16-11-17-9-3-4-10-17/h5-8,12H,3-4,9-11H2,1-2H3,(H,16,18). The zero-order valence-electron chi connectivity index (χ0n) is 11.3. The minimum Gasteiger partial charge on any atom is -0.339 e. The zero-order chi connectivity index (χ0) is 13.0. The second-order valence-electron chi connectivity index (χ2n) is 5.27. The van der Waals surface area contributed by atoms with Gasteiger partial charge in [-0.2, -0.15) is 0 Å². The Morgan fingerprint density at radius 2 is 1.83 bits per heavy atom. The molecule has 1 amide bonds. The smallest absolute Gasteiger partial charge is 0.252 e. The number of carbonyl (C=O) groups excluding carboxylic acids is 1. The van der Waals surface area contributed by atoms with E-state index >= 15 is 0 Å². The Morgan fingerprint density at radius 3 is 2.39 bits per heavy atom. The molecule has 18 heavy (non-hydrogen) atoms. The first kappa shape index (κ1) is 13.1. The topological polar surface area (TPSA) is 32.3 Å². The fraction of sp³-hybridized carbons (Fsp3) is 0.533. The van der Waals surface area contributed by atoms with Crippen LogP contribution in [0.1, 0.15) is 48.5 Å². The van der Waals surface area contributed by atoms with Crippen LogP contribution in [0.4, 0.5) is 0 Å². The molecule has 0 spiro atoms. The van der Waals surface area contributed by atoms with Crippen molar-refractivity contribution in [2.45, 2.75) is 32.6 Å². The highest BCUT2D eigenvalue weighted by molar-refractivity contribution is 5.94. The van der Waals surface area contributed by atoms with Crippen molar-refractivity contribution in [1.82, 2.24) is 10.2 Å². The first-order chi connectivity index (χ1) is 8.66. The normalized spacial score (nSPS) is 16.2. The lowest BCUT2D eigenvalue weighted by Gasteiger charge is -2.15. The molecule has 0 bridgehead atoms. The molecule has 1 saturated heterocycles. The lowest BCUT2D eigenvalue weighted by atomic mass is 10.0. The minimum absolute atomic E-state index is 0.0252. The van der Waals surface area contributed by atoms with Crippen molar-refractivity contribution in [2.24, 2.45) is 0 Å². The van der Waals surface area contributed by atoms with Crippen LogP contribution in [0.25, 0.3) is 0 Å². The van der Waals surface area contributed by atoms with Crippen molar-refractivity contribution in [3.63, 3.8) is 0 Å². The van der Waals surface area contributed by atoms with Gasteiger partial charge in [-0.3, -0.25) is 9.69 Å². The summed E-state index contributed by atoms with van der Waals surface area (Å²) in [7, 11) is 0. The summed E-state index contributed by atoms with van der Waals surface area (Å²) in [5.41, 5.74) is 2.02. The number of hydrogen-bond donors (Lipinski definition) is 1. The van der Waals surface area contributed by atoms with E-state index < -0.39 is 0 Å². The van der Waals surface area contributed by atoms with Gasteiger partial charge in [0.2, 0.25) is 0 Å². The van der Waals surface area contributed by atoms with Gasteiger partial charge in [-0.1, -0.05) is 26.0 Å². The largest absolute Gasteiger partial charge is 0.339 e. The molecule has 1 aliphatic heterocycles. The first-order valence-electron chi connectivity index (χ1n) is 6.77. The molecule has 0 saturated carbocycles. The van der Waals surface area contributed by atoms with Crippen LogP contribution in [0.5, 0.6) is 0 Å². The molecule has 1 aromatic rings. The van der Waals surface area contributed by atoms with E-state index in [-0.39, 0.29) is 5.91 Å². The molecule has 0 atom stereocenters. The number of amides is 1. The van der Waals surface area contributed by atoms with Crippen molar-refractivity contribution in [3.05, 3.63) is 35.4 Å². The predicted octanol–water partition coefficient (Wildman–Crippen LogP) is 2.59. The van der Waals surface area contributed by atoms with Crippen molar-refractivity contribution in [1.29, 1.82) is 0 Å². The first-order valence-corrected chi connectivity index (χ1v) is 6.77. The van der Waals surface area contributed by atoms with Crippen LogP contribution >= 0.6 is 0 Å². The maximum absolute atomic E-state index is 11.9.